The van der Waals surface area contributed by atoms with Gasteiger partial charge in [-0.05, 0) is 49.4 Å². The molecule has 0 fully saturated rings. The quantitative estimate of drug-likeness (QED) is 0.738. The number of fused-ring (bicyclic) bond motifs is 1. The van der Waals surface area contributed by atoms with Crippen molar-refractivity contribution < 1.29 is 18.4 Å². The molecule has 1 N–H and O–H groups in total. The third kappa shape index (κ3) is 2.90. The number of benzene rings is 2. The summed E-state index contributed by atoms with van der Waals surface area (Å²) in [4.78, 5) is 23.6. The Kier molecular flexibility index (Phi) is 4.12. The summed E-state index contributed by atoms with van der Waals surface area (Å²) in [5.41, 5.74) is 1.36. The smallest absolute Gasteiger partial charge is 0.247 e. The van der Waals surface area contributed by atoms with Crippen molar-refractivity contribution in [1.82, 2.24) is 4.57 Å². The molecule has 6 heteroatoms. The van der Waals surface area contributed by atoms with Gasteiger partial charge in [-0.25, -0.2) is 8.78 Å². The lowest BCUT2D eigenvalue weighted by Crippen LogP contribution is -2.23. The first-order valence-electron chi connectivity index (χ1n) is 7.31. The lowest BCUT2D eigenvalue weighted by molar-refractivity contribution is -0.118. The Bertz CT molecular complexity index is 917. The van der Waals surface area contributed by atoms with Gasteiger partial charge in [-0.15, -0.1) is 0 Å². The molecule has 0 aliphatic carbocycles. The van der Waals surface area contributed by atoms with Crippen LogP contribution in [-0.4, -0.2) is 16.8 Å². The van der Waals surface area contributed by atoms with E-state index >= 15 is 0 Å². The van der Waals surface area contributed by atoms with E-state index in [-0.39, 0.29) is 5.91 Å². The number of hydrogen-bond donors (Lipinski definition) is 1. The van der Waals surface area contributed by atoms with Gasteiger partial charge in [-0.2, -0.15) is 0 Å². The maximum absolute atomic E-state index is 13.4. The number of carbonyl (C=O) groups excluding carboxylic acids is 2. The van der Waals surface area contributed by atoms with E-state index in [2.05, 4.69) is 5.32 Å². The molecule has 1 atom stereocenters. The van der Waals surface area contributed by atoms with Gasteiger partial charge >= 0.3 is 0 Å². The highest BCUT2D eigenvalue weighted by atomic mass is 19.1. The van der Waals surface area contributed by atoms with E-state index in [1.807, 2.05) is 0 Å². The third-order valence-electron chi connectivity index (χ3n) is 3.86. The van der Waals surface area contributed by atoms with Crippen LogP contribution in [0.1, 0.15) is 23.3 Å². The number of carbonyl (C=O) groups is 2. The van der Waals surface area contributed by atoms with Gasteiger partial charge in [0.25, 0.3) is 0 Å². The summed E-state index contributed by atoms with van der Waals surface area (Å²) in [6.45, 7) is 1.66. The van der Waals surface area contributed by atoms with E-state index in [0.29, 0.717) is 28.4 Å². The minimum atomic E-state index is -0.642. The van der Waals surface area contributed by atoms with E-state index in [9.17, 15) is 18.4 Å². The SMILES string of the molecule is CC(C(=O)Nc1ccc(F)cc1)n1cc(C=O)c2cc(F)ccc21. The third-order valence-corrected chi connectivity index (χ3v) is 3.86. The minimum Gasteiger partial charge on any atom is -0.335 e. The second-order valence-corrected chi connectivity index (χ2v) is 5.44. The topological polar surface area (TPSA) is 51.1 Å². The van der Waals surface area contributed by atoms with Crippen molar-refractivity contribution in [3.8, 4) is 0 Å². The Balaban J connectivity index is 1.93. The Hall–Kier alpha value is -3.02. The fourth-order valence-corrected chi connectivity index (χ4v) is 2.57. The Morgan fingerprint density at radius 1 is 1.12 bits per heavy atom. The van der Waals surface area contributed by atoms with Gasteiger partial charge in [0.1, 0.15) is 17.7 Å². The zero-order valence-corrected chi connectivity index (χ0v) is 12.8. The van der Waals surface area contributed by atoms with Crippen molar-refractivity contribution in [2.45, 2.75) is 13.0 Å². The summed E-state index contributed by atoms with van der Waals surface area (Å²) in [5.74, 6) is -1.18. The molecular formula is C18H14F2N2O2. The minimum absolute atomic E-state index is 0.311. The zero-order chi connectivity index (χ0) is 17.3. The van der Waals surface area contributed by atoms with Crippen LogP contribution in [0.4, 0.5) is 14.5 Å². The van der Waals surface area contributed by atoms with Crippen molar-refractivity contribution in [3.05, 3.63) is 65.9 Å². The average Bonchev–Trinajstić information content (AvgIpc) is 2.94. The highest BCUT2D eigenvalue weighted by Crippen LogP contribution is 2.25. The summed E-state index contributed by atoms with van der Waals surface area (Å²) in [6, 6.07) is 8.84. The molecular weight excluding hydrogens is 314 g/mol. The van der Waals surface area contributed by atoms with Crippen LogP contribution in [0.2, 0.25) is 0 Å². The number of halogens is 2. The average molecular weight is 328 g/mol. The summed E-state index contributed by atoms with van der Waals surface area (Å²) in [6.07, 6.45) is 2.15. The van der Waals surface area contributed by atoms with Gasteiger partial charge in [0.15, 0.2) is 6.29 Å². The predicted molar refractivity (Wildman–Crippen MR) is 87.0 cm³/mol. The molecule has 0 spiro atoms. The number of nitrogens with one attached hydrogen (secondary N) is 1. The molecule has 0 aliphatic rings. The molecule has 0 saturated carbocycles. The van der Waals surface area contributed by atoms with Gasteiger partial charge in [0.05, 0.1) is 0 Å². The predicted octanol–water partition coefficient (Wildman–Crippen LogP) is 3.93. The van der Waals surface area contributed by atoms with Crippen molar-refractivity contribution in [2.75, 3.05) is 5.32 Å². The number of hydrogen-bond acceptors (Lipinski definition) is 2. The number of anilines is 1. The zero-order valence-electron chi connectivity index (χ0n) is 12.8. The largest absolute Gasteiger partial charge is 0.335 e. The molecule has 1 unspecified atom stereocenters. The van der Waals surface area contributed by atoms with Crippen LogP contribution >= 0.6 is 0 Å². The number of rotatable bonds is 4. The van der Waals surface area contributed by atoms with Crippen molar-refractivity contribution in [3.63, 3.8) is 0 Å². The highest BCUT2D eigenvalue weighted by Gasteiger charge is 2.19. The van der Waals surface area contributed by atoms with E-state index in [1.54, 1.807) is 11.5 Å². The second kappa shape index (κ2) is 6.23. The molecule has 122 valence electrons. The van der Waals surface area contributed by atoms with Gasteiger partial charge in [-0.3, -0.25) is 9.59 Å². The van der Waals surface area contributed by atoms with Crippen molar-refractivity contribution >= 4 is 28.8 Å². The van der Waals surface area contributed by atoms with Crippen LogP contribution < -0.4 is 5.32 Å². The summed E-state index contributed by atoms with van der Waals surface area (Å²) in [7, 11) is 0. The number of aromatic nitrogens is 1. The van der Waals surface area contributed by atoms with E-state index in [4.69, 9.17) is 0 Å². The maximum atomic E-state index is 13.4. The normalized spacial score (nSPS) is 12.1. The first-order valence-corrected chi connectivity index (χ1v) is 7.31. The Labute approximate surface area is 136 Å². The van der Waals surface area contributed by atoms with Gasteiger partial charge in [0, 0.05) is 28.4 Å². The van der Waals surface area contributed by atoms with Gasteiger partial charge in [-0.1, -0.05) is 0 Å². The number of nitrogens with zero attached hydrogens (tertiary/aromatic N) is 1. The fourth-order valence-electron chi connectivity index (χ4n) is 2.57. The van der Waals surface area contributed by atoms with Crippen LogP contribution in [0.3, 0.4) is 0 Å². The van der Waals surface area contributed by atoms with Crippen molar-refractivity contribution in [1.29, 1.82) is 0 Å². The van der Waals surface area contributed by atoms with Crippen LogP contribution in [-0.2, 0) is 4.79 Å². The summed E-state index contributed by atoms with van der Waals surface area (Å²) >= 11 is 0. The monoisotopic (exact) mass is 328 g/mol. The molecule has 1 heterocycles. The second-order valence-electron chi connectivity index (χ2n) is 5.44. The van der Waals surface area contributed by atoms with E-state index in [1.165, 1.54) is 48.7 Å². The first kappa shape index (κ1) is 15.9. The van der Waals surface area contributed by atoms with Crippen molar-refractivity contribution in [2.24, 2.45) is 0 Å². The van der Waals surface area contributed by atoms with Crippen LogP contribution in [0.15, 0.2) is 48.7 Å². The summed E-state index contributed by atoms with van der Waals surface area (Å²) in [5, 5.41) is 3.13. The summed E-state index contributed by atoms with van der Waals surface area (Å²) < 4.78 is 27.9. The molecule has 3 aromatic rings. The molecule has 4 nitrogen and oxygen atoms in total. The molecule has 3 rings (SSSR count). The molecule has 0 saturated heterocycles. The molecule has 24 heavy (non-hydrogen) atoms. The standard InChI is InChI=1S/C18H14F2N2O2/c1-11(18(24)21-15-5-2-13(19)3-6-15)22-9-12(10-23)16-8-14(20)4-7-17(16)22/h2-11H,1H3,(H,21,24). The van der Waals surface area contributed by atoms with E-state index in [0.717, 1.165) is 0 Å². The van der Waals surface area contributed by atoms with Gasteiger partial charge < -0.3 is 9.88 Å². The number of aldehydes is 1. The molecule has 0 aliphatic heterocycles. The highest BCUT2D eigenvalue weighted by molar-refractivity contribution is 6.00. The molecule has 0 radical (unpaired) electrons. The molecule has 0 bridgehead atoms. The van der Waals surface area contributed by atoms with Crippen LogP contribution in [0.5, 0.6) is 0 Å². The van der Waals surface area contributed by atoms with Crippen LogP contribution in [0, 0.1) is 11.6 Å². The Morgan fingerprint density at radius 3 is 2.46 bits per heavy atom. The lowest BCUT2D eigenvalue weighted by Gasteiger charge is -2.15. The van der Waals surface area contributed by atoms with Crippen LogP contribution in [0.25, 0.3) is 10.9 Å². The fraction of sp³-hybridized carbons (Fsp3) is 0.111. The van der Waals surface area contributed by atoms with Gasteiger partial charge in [0.2, 0.25) is 5.91 Å². The van der Waals surface area contributed by atoms with E-state index < -0.39 is 17.7 Å². The molecule has 2 aromatic carbocycles. The molecule has 1 amide bonds. The first-order chi connectivity index (χ1) is 11.5. The Morgan fingerprint density at radius 2 is 1.79 bits per heavy atom. The molecule has 1 aromatic heterocycles. The lowest BCUT2D eigenvalue weighted by atomic mass is 10.2. The maximum Gasteiger partial charge on any atom is 0.247 e. The number of amides is 1.